The third-order valence-electron chi connectivity index (χ3n) is 7.04. The van der Waals surface area contributed by atoms with Crippen LogP contribution in [0.4, 0.5) is 23.2 Å². The zero-order chi connectivity index (χ0) is 27.7. The molecule has 0 radical (unpaired) electrons. The summed E-state index contributed by atoms with van der Waals surface area (Å²) in [7, 11) is 1.56. The van der Waals surface area contributed by atoms with Crippen LogP contribution in [0.5, 0.6) is 5.75 Å². The standard InChI is InChI=1S/C30H27F4N3O2/c1-20-25(29(38)36-15-13-35(14-16-36)23-9-6-8-22(18-23)30(32,33)34)19-28(21-7-5-10-24(17-21)39-2)37(20)27-12-4-3-11-26(27)31/h3-12,17-19H,13-16H2,1-2H3. The van der Waals surface area contributed by atoms with Crippen LogP contribution in [-0.4, -0.2) is 48.7 Å². The zero-order valence-electron chi connectivity index (χ0n) is 21.5. The van der Waals surface area contributed by atoms with Gasteiger partial charge < -0.3 is 19.1 Å². The Balaban J connectivity index is 1.44. The minimum atomic E-state index is -4.42. The van der Waals surface area contributed by atoms with Crippen LogP contribution in [0.15, 0.2) is 78.9 Å². The summed E-state index contributed by atoms with van der Waals surface area (Å²) in [6.07, 6.45) is -4.42. The van der Waals surface area contributed by atoms with Crippen molar-refractivity contribution in [3.8, 4) is 22.7 Å². The molecule has 0 atom stereocenters. The molecular weight excluding hydrogens is 510 g/mol. The molecule has 0 spiro atoms. The highest BCUT2D eigenvalue weighted by atomic mass is 19.4. The van der Waals surface area contributed by atoms with Crippen molar-refractivity contribution in [3.05, 3.63) is 102 Å². The molecule has 0 saturated carbocycles. The number of hydrogen-bond acceptors (Lipinski definition) is 3. The number of amides is 1. The van der Waals surface area contributed by atoms with Gasteiger partial charge in [0.1, 0.15) is 11.6 Å². The zero-order valence-corrected chi connectivity index (χ0v) is 21.5. The van der Waals surface area contributed by atoms with Gasteiger partial charge in [-0.1, -0.05) is 30.3 Å². The van der Waals surface area contributed by atoms with Crippen molar-refractivity contribution >= 4 is 11.6 Å². The summed E-state index contributed by atoms with van der Waals surface area (Å²) in [5.74, 6) is -0.00509. The molecule has 39 heavy (non-hydrogen) atoms. The highest BCUT2D eigenvalue weighted by Gasteiger charge is 2.32. The monoisotopic (exact) mass is 537 g/mol. The lowest BCUT2D eigenvalue weighted by Crippen LogP contribution is -2.49. The lowest BCUT2D eigenvalue weighted by Gasteiger charge is -2.36. The number of benzene rings is 3. The molecule has 1 aliphatic rings. The van der Waals surface area contributed by atoms with Gasteiger partial charge in [-0.05, 0) is 55.5 Å². The third kappa shape index (κ3) is 5.21. The molecule has 0 bridgehead atoms. The van der Waals surface area contributed by atoms with Crippen LogP contribution in [0.1, 0.15) is 21.6 Å². The number of aromatic nitrogens is 1. The van der Waals surface area contributed by atoms with E-state index in [1.807, 2.05) is 29.2 Å². The highest BCUT2D eigenvalue weighted by molar-refractivity contribution is 5.97. The second-order valence-corrected chi connectivity index (χ2v) is 9.37. The van der Waals surface area contributed by atoms with Crippen LogP contribution < -0.4 is 9.64 Å². The summed E-state index contributed by atoms with van der Waals surface area (Å²) >= 11 is 0. The smallest absolute Gasteiger partial charge is 0.416 e. The van der Waals surface area contributed by atoms with Crippen molar-refractivity contribution in [1.82, 2.24) is 9.47 Å². The van der Waals surface area contributed by atoms with E-state index in [0.717, 1.165) is 17.7 Å². The molecule has 1 saturated heterocycles. The molecule has 5 rings (SSSR count). The fourth-order valence-electron chi connectivity index (χ4n) is 4.98. The van der Waals surface area contributed by atoms with Gasteiger partial charge in [0.2, 0.25) is 0 Å². The number of para-hydroxylation sites is 1. The number of nitrogens with zero attached hydrogens (tertiary/aromatic N) is 3. The summed E-state index contributed by atoms with van der Waals surface area (Å²) in [6, 6.07) is 20.7. The molecule has 1 aliphatic heterocycles. The maximum Gasteiger partial charge on any atom is 0.416 e. The van der Waals surface area contributed by atoms with Gasteiger partial charge in [-0.2, -0.15) is 13.2 Å². The normalized spacial score (nSPS) is 14.0. The number of methoxy groups -OCH3 is 1. The molecule has 1 aromatic heterocycles. The molecule has 0 aliphatic carbocycles. The van der Waals surface area contributed by atoms with Crippen molar-refractivity contribution in [2.24, 2.45) is 0 Å². The molecule has 1 fully saturated rings. The number of ether oxygens (including phenoxy) is 1. The number of carbonyl (C=O) groups excluding carboxylic acids is 1. The molecular formula is C30H27F4N3O2. The Morgan fingerprint density at radius 1 is 0.872 bits per heavy atom. The molecule has 2 heterocycles. The van der Waals surface area contributed by atoms with Crippen molar-refractivity contribution < 1.29 is 27.1 Å². The van der Waals surface area contributed by atoms with Crippen LogP contribution >= 0.6 is 0 Å². The van der Waals surface area contributed by atoms with E-state index in [9.17, 15) is 22.4 Å². The van der Waals surface area contributed by atoms with E-state index in [1.165, 1.54) is 12.1 Å². The van der Waals surface area contributed by atoms with Gasteiger partial charge in [0.15, 0.2) is 0 Å². The Labute approximate surface area is 223 Å². The Morgan fingerprint density at radius 2 is 1.59 bits per heavy atom. The second-order valence-electron chi connectivity index (χ2n) is 9.37. The highest BCUT2D eigenvalue weighted by Crippen LogP contribution is 2.34. The SMILES string of the molecule is COc1cccc(-c2cc(C(=O)N3CCN(c4cccc(C(F)(F)F)c4)CC3)c(C)n2-c2ccccc2F)c1. The van der Waals surface area contributed by atoms with Gasteiger partial charge in [0.25, 0.3) is 5.91 Å². The van der Waals surface area contributed by atoms with Crippen LogP contribution in [0, 0.1) is 12.7 Å². The van der Waals surface area contributed by atoms with E-state index in [2.05, 4.69) is 0 Å². The first-order valence-electron chi connectivity index (χ1n) is 12.5. The van der Waals surface area contributed by atoms with E-state index >= 15 is 0 Å². The first-order chi connectivity index (χ1) is 18.7. The molecule has 202 valence electrons. The lowest BCUT2D eigenvalue weighted by atomic mass is 10.1. The first-order valence-corrected chi connectivity index (χ1v) is 12.5. The second kappa shape index (κ2) is 10.5. The minimum absolute atomic E-state index is 0.213. The maximum absolute atomic E-state index is 15.0. The van der Waals surface area contributed by atoms with Crippen molar-refractivity contribution in [2.45, 2.75) is 13.1 Å². The summed E-state index contributed by atoms with van der Waals surface area (Å²) in [6.45, 7) is 3.25. The summed E-state index contributed by atoms with van der Waals surface area (Å²) in [5.41, 5.74) is 2.51. The maximum atomic E-state index is 15.0. The minimum Gasteiger partial charge on any atom is -0.497 e. The quantitative estimate of drug-likeness (QED) is 0.270. The number of carbonyl (C=O) groups is 1. The van der Waals surface area contributed by atoms with E-state index < -0.39 is 17.6 Å². The van der Waals surface area contributed by atoms with Crippen molar-refractivity contribution in [3.63, 3.8) is 0 Å². The van der Waals surface area contributed by atoms with Gasteiger partial charge in [0.05, 0.1) is 29.6 Å². The first kappa shape index (κ1) is 26.3. The number of piperazine rings is 1. The molecule has 0 unspecified atom stereocenters. The molecule has 4 aromatic rings. The van der Waals surface area contributed by atoms with Crippen molar-refractivity contribution in [1.29, 1.82) is 0 Å². The fraction of sp³-hybridized carbons (Fsp3) is 0.233. The van der Waals surface area contributed by atoms with Gasteiger partial charge in [0, 0.05) is 43.1 Å². The molecule has 9 heteroatoms. The molecule has 1 amide bonds. The van der Waals surface area contributed by atoms with Gasteiger partial charge in [-0.25, -0.2) is 4.39 Å². The van der Waals surface area contributed by atoms with E-state index in [-0.39, 0.29) is 5.91 Å². The predicted molar refractivity (Wildman–Crippen MR) is 142 cm³/mol. The molecule has 0 N–H and O–H groups in total. The van der Waals surface area contributed by atoms with Crippen LogP contribution in [-0.2, 0) is 6.18 Å². The number of rotatable bonds is 5. The topological polar surface area (TPSA) is 37.7 Å². The van der Waals surface area contributed by atoms with E-state index in [0.29, 0.717) is 60.3 Å². The number of hydrogen-bond donors (Lipinski definition) is 0. The number of halogens is 4. The van der Waals surface area contributed by atoms with Gasteiger partial charge in [-0.15, -0.1) is 0 Å². The average Bonchev–Trinajstić information content (AvgIpc) is 3.29. The molecule has 5 nitrogen and oxygen atoms in total. The van der Waals surface area contributed by atoms with Crippen LogP contribution in [0.25, 0.3) is 16.9 Å². The van der Waals surface area contributed by atoms with E-state index in [4.69, 9.17) is 4.74 Å². The summed E-state index contributed by atoms with van der Waals surface area (Å²) in [4.78, 5) is 17.2. The number of anilines is 1. The number of alkyl halides is 3. The Morgan fingerprint density at radius 3 is 2.28 bits per heavy atom. The Kier molecular flexibility index (Phi) is 7.08. The largest absolute Gasteiger partial charge is 0.497 e. The van der Waals surface area contributed by atoms with Gasteiger partial charge in [-0.3, -0.25) is 4.79 Å². The summed E-state index contributed by atoms with van der Waals surface area (Å²) < 4.78 is 61.6. The van der Waals surface area contributed by atoms with Crippen LogP contribution in [0.3, 0.4) is 0 Å². The predicted octanol–water partition coefficient (Wildman–Crippen LogP) is 6.58. The average molecular weight is 538 g/mol. The van der Waals surface area contributed by atoms with Gasteiger partial charge >= 0.3 is 6.18 Å². The fourth-order valence-corrected chi connectivity index (χ4v) is 4.98. The third-order valence-corrected chi connectivity index (χ3v) is 7.04. The Hall–Kier alpha value is -4.27. The molecule has 3 aromatic carbocycles. The van der Waals surface area contributed by atoms with Crippen LogP contribution in [0.2, 0.25) is 0 Å². The lowest BCUT2D eigenvalue weighted by molar-refractivity contribution is -0.137. The van der Waals surface area contributed by atoms with Crippen molar-refractivity contribution in [2.75, 3.05) is 38.2 Å². The Bertz CT molecular complexity index is 1500. The summed E-state index contributed by atoms with van der Waals surface area (Å²) in [5, 5.41) is 0. The van der Waals surface area contributed by atoms with E-state index in [1.54, 1.807) is 53.8 Å².